The average Bonchev–Trinajstić information content (AvgIpc) is 2.05. The van der Waals surface area contributed by atoms with Gasteiger partial charge in [0.25, 0.3) is 0 Å². The Morgan fingerprint density at radius 2 is 1.92 bits per heavy atom. The molecule has 0 saturated carbocycles. The van der Waals surface area contributed by atoms with Gasteiger partial charge in [0.2, 0.25) is 0 Å². The van der Waals surface area contributed by atoms with Gasteiger partial charge in [-0.2, -0.15) is 0 Å². The summed E-state index contributed by atoms with van der Waals surface area (Å²) >= 11 is 0. The van der Waals surface area contributed by atoms with Crippen LogP contribution in [0.15, 0.2) is 24.5 Å². The number of aromatic nitrogens is 1. The summed E-state index contributed by atoms with van der Waals surface area (Å²) in [6.45, 7) is 4.23. The van der Waals surface area contributed by atoms with E-state index in [0.717, 1.165) is 6.42 Å². The second kappa shape index (κ2) is 4.21. The van der Waals surface area contributed by atoms with E-state index in [1.807, 2.05) is 31.5 Å². The first-order valence-electron chi connectivity index (χ1n) is 4.35. The highest BCUT2D eigenvalue weighted by Gasteiger charge is 2.06. The van der Waals surface area contributed by atoms with Crippen LogP contribution < -0.4 is 5.73 Å². The lowest BCUT2D eigenvalue weighted by Crippen LogP contribution is -2.17. The van der Waals surface area contributed by atoms with E-state index in [2.05, 4.69) is 11.9 Å². The van der Waals surface area contributed by atoms with Crippen molar-refractivity contribution in [1.29, 1.82) is 0 Å². The van der Waals surface area contributed by atoms with Gasteiger partial charge in [-0.15, -0.1) is 0 Å². The Hall–Kier alpha value is -0.890. The molecule has 1 aromatic rings. The van der Waals surface area contributed by atoms with Crippen molar-refractivity contribution in [3.05, 3.63) is 30.1 Å². The molecular weight excluding hydrogens is 148 g/mol. The van der Waals surface area contributed by atoms with Gasteiger partial charge in [-0.3, -0.25) is 4.98 Å². The van der Waals surface area contributed by atoms with Crippen LogP contribution in [-0.2, 0) is 0 Å². The molecule has 1 rings (SSSR count). The quantitative estimate of drug-likeness (QED) is 0.741. The summed E-state index contributed by atoms with van der Waals surface area (Å²) in [5, 5.41) is 0. The summed E-state index contributed by atoms with van der Waals surface area (Å²) in [7, 11) is 0. The van der Waals surface area contributed by atoms with Gasteiger partial charge in [0, 0.05) is 18.4 Å². The number of hydrogen-bond donors (Lipinski definition) is 1. The van der Waals surface area contributed by atoms with Gasteiger partial charge in [0.05, 0.1) is 0 Å². The summed E-state index contributed by atoms with van der Waals surface area (Å²) in [5.74, 6) is 0.535. The highest BCUT2D eigenvalue weighted by Crippen LogP contribution is 2.18. The monoisotopic (exact) mass is 164 g/mol. The smallest absolute Gasteiger partial charge is 0.0270 e. The van der Waals surface area contributed by atoms with Crippen molar-refractivity contribution in [2.24, 2.45) is 5.73 Å². The number of nitrogens with two attached hydrogens (primary N) is 1. The Kier molecular flexibility index (Phi) is 3.23. The largest absolute Gasteiger partial charge is 0.328 e. The lowest BCUT2D eigenvalue weighted by atomic mass is 9.96. The summed E-state index contributed by atoms with van der Waals surface area (Å²) < 4.78 is 0. The second-order valence-electron chi connectivity index (χ2n) is 3.39. The molecule has 2 atom stereocenters. The molecule has 0 aromatic carbocycles. The molecule has 2 unspecified atom stereocenters. The third kappa shape index (κ3) is 2.62. The van der Waals surface area contributed by atoms with E-state index < -0.39 is 0 Å². The van der Waals surface area contributed by atoms with E-state index in [-0.39, 0.29) is 6.04 Å². The lowest BCUT2D eigenvalue weighted by molar-refractivity contribution is 0.585. The maximum absolute atomic E-state index is 5.72. The molecule has 2 nitrogen and oxygen atoms in total. The van der Waals surface area contributed by atoms with Crippen molar-refractivity contribution in [2.45, 2.75) is 32.2 Å². The predicted molar refractivity (Wildman–Crippen MR) is 50.9 cm³/mol. The SMILES string of the molecule is CC(N)CC(C)c1ccncc1. The van der Waals surface area contributed by atoms with Gasteiger partial charge in [0.15, 0.2) is 0 Å². The molecule has 0 bridgehead atoms. The molecule has 0 fully saturated rings. The molecule has 1 aromatic heterocycles. The van der Waals surface area contributed by atoms with Crippen molar-refractivity contribution >= 4 is 0 Å². The van der Waals surface area contributed by atoms with Crippen molar-refractivity contribution in [2.75, 3.05) is 0 Å². The first kappa shape index (κ1) is 9.20. The van der Waals surface area contributed by atoms with Crippen LogP contribution in [0, 0.1) is 0 Å². The molecule has 0 aliphatic rings. The molecule has 0 aliphatic heterocycles. The van der Waals surface area contributed by atoms with Crippen molar-refractivity contribution in [3.8, 4) is 0 Å². The standard InChI is InChI=1S/C10H16N2/c1-8(7-9(2)11)10-3-5-12-6-4-10/h3-6,8-9H,7,11H2,1-2H3. The van der Waals surface area contributed by atoms with Gasteiger partial charge >= 0.3 is 0 Å². The number of nitrogens with zero attached hydrogens (tertiary/aromatic N) is 1. The molecule has 0 amide bonds. The second-order valence-corrected chi connectivity index (χ2v) is 3.39. The van der Waals surface area contributed by atoms with Gasteiger partial charge in [-0.05, 0) is 37.0 Å². The number of pyridine rings is 1. The number of hydrogen-bond acceptors (Lipinski definition) is 2. The fraction of sp³-hybridized carbons (Fsp3) is 0.500. The molecule has 2 heteroatoms. The lowest BCUT2D eigenvalue weighted by Gasteiger charge is -2.13. The van der Waals surface area contributed by atoms with E-state index in [0.29, 0.717) is 5.92 Å². The molecule has 12 heavy (non-hydrogen) atoms. The summed E-state index contributed by atoms with van der Waals surface area (Å²) in [5.41, 5.74) is 7.04. The Bertz CT molecular complexity index is 219. The minimum absolute atomic E-state index is 0.271. The molecule has 0 radical (unpaired) electrons. The third-order valence-corrected chi connectivity index (χ3v) is 2.00. The summed E-state index contributed by atoms with van der Waals surface area (Å²) in [6.07, 6.45) is 4.68. The Morgan fingerprint density at radius 3 is 2.42 bits per heavy atom. The van der Waals surface area contributed by atoms with E-state index >= 15 is 0 Å². The predicted octanol–water partition coefficient (Wildman–Crippen LogP) is 1.92. The normalized spacial score (nSPS) is 15.6. The van der Waals surface area contributed by atoms with Gasteiger partial charge in [-0.25, -0.2) is 0 Å². The third-order valence-electron chi connectivity index (χ3n) is 2.00. The van der Waals surface area contributed by atoms with E-state index in [1.54, 1.807) is 0 Å². The summed E-state index contributed by atoms with van der Waals surface area (Å²) in [4.78, 5) is 3.98. The molecule has 66 valence electrons. The Labute approximate surface area is 73.8 Å². The maximum atomic E-state index is 5.72. The van der Waals surface area contributed by atoms with Crippen molar-refractivity contribution < 1.29 is 0 Å². The average molecular weight is 164 g/mol. The van der Waals surface area contributed by atoms with E-state index in [4.69, 9.17) is 5.73 Å². The zero-order valence-electron chi connectivity index (χ0n) is 7.70. The minimum atomic E-state index is 0.271. The molecule has 0 aliphatic carbocycles. The number of rotatable bonds is 3. The van der Waals surface area contributed by atoms with Crippen LogP contribution >= 0.6 is 0 Å². The van der Waals surface area contributed by atoms with Gasteiger partial charge in [0.1, 0.15) is 0 Å². The molecule has 0 saturated heterocycles. The highest BCUT2D eigenvalue weighted by molar-refractivity contribution is 5.14. The first-order valence-corrected chi connectivity index (χ1v) is 4.35. The Balaban J connectivity index is 2.59. The van der Waals surface area contributed by atoms with Crippen molar-refractivity contribution in [3.63, 3.8) is 0 Å². The van der Waals surface area contributed by atoms with Crippen LogP contribution in [0.3, 0.4) is 0 Å². The molecule has 2 N–H and O–H groups in total. The first-order chi connectivity index (χ1) is 5.70. The van der Waals surface area contributed by atoms with Crippen LogP contribution in [0.5, 0.6) is 0 Å². The Morgan fingerprint density at radius 1 is 1.33 bits per heavy atom. The van der Waals surface area contributed by atoms with Crippen LogP contribution in [0.4, 0.5) is 0 Å². The van der Waals surface area contributed by atoms with Gasteiger partial charge in [-0.1, -0.05) is 6.92 Å². The minimum Gasteiger partial charge on any atom is -0.328 e. The fourth-order valence-corrected chi connectivity index (χ4v) is 1.39. The summed E-state index contributed by atoms with van der Waals surface area (Å²) in [6, 6.07) is 4.37. The molecule has 0 spiro atoms. The van der Waals surface area contributed by atoms with Crippen LogP contribution in [0.1, 0.15) is 31.7 Å². The van der Waals surface area contributed by atoms with Gasteiger partial charge < -0.3 is 5.73 Å². The van der Waals surface area contributed by atoms with Crippen LogP contribution in [-0.4, -0.2) is 11.0 Å². The molecular formula is C10H16N2. The van der Waals surface area contributed by atoms with E-state index in [9.17, 15) is 0 Å². The maximum Gasteiger partial charge on any atom is 0.0270 e. The topological polar surface area (TPSA) is 38.9 Å². The van der Waals surface area contributed by atoms with Crippen molar-refractivity contribution in [1.82, 2.24) is 4.98 Å². The fourth-order valence-electron chi connectivity index (χ4n) is 1.39. The molecule has 1 heterocycles. The van der Waals surface area contributed by atoms with Crippen LogP contribution in [0.2, 0.25) is 0 Å². The van der Waals surface area contributed by atoms with E-state index in [1.165, 1.54) is 5.56 Å². The van der Waals surface area contributed by atoms with Crippen LogP contribution in [0.25, 0.3) is 0 Å². The highest BCUT2D eigenvalue weighted by atomic mass is 14.6. The zero-order chi connectivity index (χ0) is 8.97. The zero-order valence-corrected chi connectivity index (χ0v) is 7.70.